The normalized spacial score (nSPS) is 15.5. The number of aromatic nitrogens is 1. The van der Waals surface area contributed by atoms with Crippen LogP contribution >= 0.6 is 0 Å². The first-order valence-electron chi connectivity index (χ1n) is 9.28. The summed E-state index contributed by atoms with van der Waals surface area (Å²) in [6, 6.07) is 6.05. The predicted molar refractivity (Wildman–Crippen MR) is 103 cm³/mol. The molecule has 1 atom stereocenters. The number of hydrogen-bond donors (Lipinski definition) is 0. The number of ether oxygens (including phenoxy) is 1. The summed E-state index contributed by atoms with van der Waals surface area (Å²) in [5, 5.41) is 11.8. The molecule has 0 N–H and O–H groups in total. The highest BCUT2D eigenvalue weighted by molar-refractivity contribution is 5.88. The molecule has 1 unspecified atom stereocenters. The van der Waals surface area contributed by atoms with Crippen molar-refractivity contribution in [3.63, 3.8) is 0 Å². The molecular formula is C21H21N2O5+. The second-order valence-corrected chi connectivity index (χ2v) is 7.19. The summed E-state index contributed by atoms with van der Waals surface area (Å²) in [5.41, 5.74) is 2.21. The van der Waals surface area contributed by atoms with Gasteiger partial charge in [-0.05, 0) is 37.5 Å². The molecule has 1 aliphatic rings. The second-order valence-electron chi connectivity index (χ2n) is 7.19. The second kappa shape index (κ2) is 6.74. The van der Waals surface area contributed by atoms with Gasteiger partial charge in [0.1, 0.15) is 11.3 Å². The van der Waals surface area contributed by atoms with Gasteiger partial charge in [-0.1, -0.05) is 6.92 Å². The average Bonchev–Trinajstić information content (AvgIpc) is 3.06. The van der Waals surface area contributed by atoms with Crippen molar-refractivity contribution in [2.24, 2.45) is 0 Å². The van der Waals surface area contributed by atoms with E-state index in [0.29, 0.717) is 40.8 Å². The average molecular weight is 381 g/mol. The Kier molecular flexibility index (Phi) is 4.37. The molecule has 144 valence electrons. The Morgan fingerprint density at radius 3 is 2.61 bits per heavy atom. The van der Waals surface area contributed by atoms with Crippen molar-refractivity contribution in [3.8, 4) is 5.75 Å². The van der Waals surface area contributed by atoms with Crippen molar-refractivity contribution in [1.82, 2.24) is 0 Å². The molecule has 2 aromatic heterocycles. The summed E-state index contributed by atoms with van der Waals surface area (Å²) < 4.78 is 13.5. The number of aryl methyl sites for hydroxylation is 3. The maximum Gasteiger partial charge on any atom is 0.415 e. The van der Waals surface area contributed by atoms with E-state index >= 15 is 0 Å². The number of rotatable bonds is 4. The first kappa shape index (κ1) is 18.2. The summed E-state index contributed by atoms with van der Waals surface area (Å²) in [4.78, 5) is 22.6. The lowest BCUT2D eigenvalue weighted by molar-refractivity contribution is -0.702. The molecule has 7 heteroatoms. The lowest BCUT2D eigenvalue weighted by Gasteiger charge is -2.10. The van der Waals surface area contributed by atoms with E-state index in [9.17, 15) is 14.9 Å². The summed E-state index contributed by atoms with van der Waals surface area (Å²) in [5.74, 6) is 0.708. The Balaban J connectivity index is 1.71. The van der Waals surface area contributed by atoms with E-state index in [0.717, 1.165) is 12.0 Å². The van der Waals surface area contributed by atoms with Crippen LogP contribution in [0.15, 0.2) is 39.8 Å². The molecule has 28 heavy (non-hydrogen) atoms. The summed E-state index contributed by atoms with van der Waals surface area (Å²) in [7, 11) is 0. The molecule has 0 spiro atoms. The monoisotopic (exact) mass is 381 g/mol. The predicted octanol–water partition coefficient (Wildman–Crippen LogP) is 3.17. The minimum absolute atomic E-state index is 0.0509. The van der Waals surface area contributed by atoms with Crippen molar-refractivity contribution < 1.29 is 18.6 Å². The summed E-state index contributed by atoms with van der Waals surface area (Å²) >= 11 is 0. The zero-order chi connectivity index (χ0) is 20.0. The van der Waals surface area contributed by atoms with Gasteiger partial charge < -0.3 is 9.15 Å². The van der Waals surface area contributed by atoms with E-state index in [1.807, 2.05) is 25.4 Å². The van der Waals surface area contributed by atoms with Gasteiger partial charge >= 0.3 is 11.3 Å². The highest BCUT2D eigenvalue weighted by atomic mass is 16.6. The third-order valence-corrected chi connectivity index (χ3v) is 5.38. The minimum Gasteiger partial charge on any atom is -0.483 e. The zero-order valence-electron chi connectivity index (χ0n) is 16.0. The fourth-order valence-electron chi connectivity index (χ4n) is 3.85. The van der Waals surface area contributed by atoms with E-state index in [2.05, 4.69) is 23.6 Å². The Morgan fingerprint density at radius 1 is 1.25 bits per heavy atom. The summed E-state index contributed by atoms with van der Waals surface area (Å²) in [6.07, 6.45) is 5.72. The molecule has 0 amide bonds. The van der Waals surface area contributed by atoms with Gasteiger partial charge in [0.05, 0.1) is 4.92 Å². The quantitative estimate of drug-likeness (QED) is 0.300. The van der Waals surface area contributed by atoms with Crippen molar-refractivity contribution in [3.05, 3.63) is 73.4 Å². The topological polar surface area (TPSA) is 86.5 Å². The zero-order valence-corrected chi connectivity index (χ0v) is 16.0. The smallest absolute Gasteiger partial charge is 0.415 e. The molecule has 1 aromatic carbocycles. The van der Waals surface area contributed by atoms with Gasteiger partial charge in [0, 0.05) is 35.1 Å². The van der Waals surface area contributed by atoms with Gasteiger partial charge in [0.15, 0.2) is 25.0 Å². The minimum atomic E-state index is -0.931. The van der Waals surface area contributed by atoms with E-state index < -0.39 is 16.2 Å². The van der Waals surface area contributed by atoms with Crippen molar-refractivity contribution >= 4 is 16.7 Å². The first-order valence-corrected chi connectivity index (χ1v) is 9.28. The van der Waals surface area contributed by atoms with Gasteiger partial charge in [0.2, 0.25) is 0 Å². The third-order valence-electron chi connectivity index (χ3n) is 5.38. The molecule has 7 nitrogen and oxygen atoms in total. The first-order chi connectivity index (χ1) is 13.4. The number of benzene rings is 1. The van der Waals surface area contributed by atoms with E-state index in [-0.39, 0.29) is 6.10 Å². The molecule has 0 fully saturated rings. The van der Waals surface area contributed by atoms with E-state index in [1.54, 1.807) is 6.92 Å². The van der Waals surface area contributed by atoms with Crippen LogP contribution in [-0.4, -0.2) is 11.0 Å². The Bertz CT molecular complexity index is 1150. The third kappa shape index (κ3) is 2.93. The fourth-order valence-corrected chi connectivity index (χ4v) is 3.85. The highest BCUT2D eigenvalue weighted by Gasteiger charge is 2.31. The van der Waals surface area contributed by atoms with Crippen molar-refractivity contribution in [2.75, 3.05) is 0 Å². The van der Waals surface area contributed by atoms with Crippen molar-refractivity contribution in [2.45, 2.75) is 46.3 Å². The lowest BCUT2D eigenvalue weighted by atomic mass is 10.00. The van der Waals surface area contributed by atoms with Crippen LogP contribution in [0.1, 0.15) is 29.2 Å². The molecule has 0 radical (unpaired) electrons. The highest BCUT2D eigenvalue weighted by Crippen LogP contribution is 2.39. The van der Waals surface area contributed by atoms with Gasteiger partial charge in [-0.3, -0.25) is 10.1 Å². The molecule has 3 heterocycles. The summed E-state index contributed by atoms with van der Waals surface area (Å²) in [6.45, 7) is 6.22. The van der Waals surface area contributed by atoms with E-state index in [1.165, 1.54) is 5.56 Å². The van der Waals surface area contributed by atoms with Gasteiger partial charge in [-0.2, -0.15) is 0 Å². The van der Waals surface area contributed by atoms with Gasteiger partial charge in [-0.15, -0.1) is 0 Å². The fraction of sp³-hybridized carbons (Fsp3) is 0.333. The van der Waals surface area contributed by atoms with Crippen LogP contribution in [0, 0.1) is 24.0 Å². The molecular weight excluding hydrogens is 360 g/mol. The van der Waals surface area contributed by atoms with Crippen molar-refractivity contribution in [1.29, 1.82) is 0 Å². The van der Waals surface area contributed by atoms with Crippen LogP contribution < -0.4 is 14.9 Å². The van der Waals surface area contributed by atoms with Gasteiger partial charge in [0.25, 0.3) is 0 Å². The standard InChI is InChI=1S/C21H21N2O5/c1-4-14-5-7-22(8-6-14)11-16-9-15-10-17-12(2)18(23(25)26)21(24)28-20(17)13(3)19(15)27-16/h5-8,10,16H,4,9,11H2,1-3H3/q+1. The Labute approximate surface area is 161 Å². The molecule has 0 saturated carbocycles. The molecule has 4 rings (SSSR count). The number of nitrogens with zero attached hydrogens (tertiary/aromatic N) is 2. The number of hydrogen-bond acceptors (Lipinski definition) is 5. The van der Waals surface area contributed by atoms with Gasteiger partial charge in [-0.25, -0.2) is 9.36 Å². The Morgan fingerprint density at radius 2 is 1.96 bits per heavy atom. The van der Waals surface area contributed by atoms with Crippen LogP contribution in [0.5, 0.6) is 5.75 Å². The van der Waals surface area contributed by atoms with Crippen LogP contribution in [0.4, 0.5) is 5.69 Å². The molecule has 3 aromatic rings. The maximum absolute atomic E-state index is 12.1. The van der Waals surface area contributed by atoms with Crippen LogP contribution in [0.25, 0.3) is 11.0 Å². The largest absolute Gasteiger partial charge is 0.483 e. The van der Waals surface area contributed by atoms with Crippen LogP contribution in [0.2, 0.25) is 0 Å². The van der Waals surface area contributed by atoms with Crippen LogP contribution in [0.3, 0.4) is 0 Å². The molecule has 0 saturated heterocycles. The lowest BCUT2D eigenvalue weighted by Crippen LogP contribution is -2.41. The molecule has 0 aliphatic carbocycles. The maximum atomic E-state index is 12.1. The SMILES string of the molecule is CCc1cc[n+](CC2Cc3cc4c(C)c([N+](=O)[O-])c(=O)oc4c(C)c3O2)cc1. The molecule has 1 aliphatic heterocycles. The number of pyridine rings is 1. The Hall–Kier alpha value is -3.22. The number of nitro groups is 1. The van der Waals surface area contributed by atoms with Crippen LogP contribution in [-0.2, 0) is 19.4 Å². The van der Waals surface area contributed by atoms with E-state index in [4.69, 9.17) is 9.15 Å². The molecule has 0 bridgehead atoms. The number of fused-ring (bicyclic) bond motifs is 2.